The summed E-state index contributed by atoms with van der Waals surface area (Å²) in [5.74, 6) is 0.702. The van der Waals surface area contributed by atoms with Crippen molar-refractivity contribution in [2.75, 3.05) is 12.4 Å². The van der Waals surface area contributed by atoms with E-state index in [9.17, 15) is 4.79 Å². The lowest BCUT2D eigenvalue weighted by atomic mass is 10.0. The minimum absolute atomic E-state index is 0.284. The number of halogens is 1. The summed E-state index contributed by atoms with van der Waals surface area (Å²) in [6.45, 7) is 4.10. The lowest BCUT2D eigenvalue weighted by Gasteiger charge is -2.18. The molecule has 1 atom stereocenters. The molecule has 0 aliphatic carbocycles. The average molecular weight is 302 g/mol. The number of hydrogen-bond donors (Lipinski definition) is 1. The molecule has 0 aliphatic rings. The number of anilines is 1. The molecule has 1 aromatic rings. The molecule has 0 aliphatic heterocycles. The first-order valence-electron chi connectivity index (χ1n) is 5.34. The number of ether oxygens (including phenoxy) is 1. The number of methoxy groups -OCH3 is 1. The summed E-state index contributed by atoms with van der Waals surface area (Å²) in [6, 6.07) is 1.33. The highest BCUT2D eigenvalue weighted by atomic mass is 79.9. The van der Waals surface area contributed by atoms with E-state index in [1.165, 1.54) is 13.4 Å². The third-order valence-corrected chi connectivity index (χ3v) is 2.58. The molecule has 0 saturated carbocycles. The zero-order chi connectivity index (χ0) is 12.8. The van der Waals surface area contributed by atoms with Gasteiger partial charge in [0.25, 0.3) is 0 Å². The summed E-state index contributed by atoms with van der Waals surface area (Å²) >= 11 is 3.25. The van der Waals surface area contributed by atoms with Crippen molar-refractivity contribution in [1.82, 2.24) is 9.97 Å². The van der Waals surface area contributed by atoms with Gasteiger partial charge in [-0.3, -0.25) is 0 Å². The number of aromatic nitrogens is 2. The first kappa shape index (κ1) is 13.9. The molecule has 0 spiro atoms. The van der Waals surface area contributed by atoms with Crippen LogP contribution in [-0.4, -0.2) is 29.1 Å². The van der Waals surface area contributed by atoms with E-state index in [2.05, 4.69) is 31.2 Å². The van der Waals surface area contributed by atoms with Crippen LogP contribution in [0.1, 0.15) is 20.3 Å². The standard InChI is InChI=1S/C11H16BrN3O2/c1-7(2)4-8(11(16)17-3)15-10-5-9(12)13-6-14-10/h5-8H,4H2,1-3H3,(H,13,14,15). The molecule has 0 radical (unpaired) electrons. The van der Waals surface area contributed by atoms with Gasteiger partial charge < -0.3 is 10.1 Å². The maximum absolute atomic E-state index is 11.6. The molecule has 1 aromatic heterocycles. The van der Waals surface area contributed by atoms with Crippen molar-refractivity contribution < 1.29 is 9.53 Å². The molecule has 1 unspecified atom stereocenters. The predicted molar refractivity (Wildman–Crippen MR) is 68.6 cm³/mol. The fourth-order valence-electron chi connectivity index (χ4n) is 1.42. The Balaban J connectivity index is 2.75. The molecular formula is C11H16BrN3O2. The van der Waals surface area contributed by atoms with Crippen LogP contribution in [0.15, 0.2) is 17.0 Å². The summed E-state index contributed by atoms with van der Waals surface area (Å²) in [7, 11) is 1.38. The maximum Gasteiger partial charge on any atom is 0.328 e. The number of hydrogen-bond acceptors (Lipinski definition) is 5. The smallest absolute Gasteiger partial charge is 0.328 e. The fraction of sp³-hybridized carbons (Fsp3) is 0.545. The molecule has 94 valence electrons. The number of esters is 1. The van der Waals surface area contributed by atoms with Crippen molar-refractivity contribution in [3.63, 3.8) is 0 Å². The Bertz CT molecular complexity index is 385. The molecule has 1 heterocycles. The summed E-state index contributed by atoms with van der Waals surface area (Å²) in [4.78, 5) is 19.6. The lowest BCUT2D eigenvalue weighted by Crippen LogP contribution is -2.32. The van der Waals surface area contributed by atoms with E-state index < -0.39 is 0 Å². The first-order valence-corrected chi connectivity index (χ1v) is 6.14. The molecule has 6 heteroatoms. The van der Waals surface area contributed by atoms with Gasteiger partial charge in [0.05, 0.1) is 7.11 Å². The number of carbonyl (C=O) groups is 1. The van der Waals surface area contributed by atoms with Gasteiger partial charge in [0.15, 0.2) is 0 Å². The number of nitrogens with zero attached hydrogens (tertiary/aromatic N) is 2. The Kier molecular flexibility index (Phi) is 5.34. The first-order chi connectivity index (χ1) is 8.02. The number of carbonyl (C=O) groups excluding carboxylic acids is 1. The monoisotopic (exact) mass is 301 g/mol. The van der Waals surface area contributed by atoms with Crippen LogP contribution in [0.5, 0.6) is 0 Å². The summed E-state index contributed by atoms with van der Waals surface area (Å²) in [6.07, 6.45) is 2.12. The van der Waals surface area contributed by atoms with E-state index in [-0.39, 0.29) is 12.0 Å². The zero-order valence-corrected chi connectivity index (χ0v) is 11.7. The molecule has 0 amide bonds. The van der Waals surface area contributed by atoms with Crippen molar-refractivity contribution >= 4 is 27.7 Å². The van der Waals surface area contributed by atoms with Crippen molar-refractivity contribution in [3.05, 3.63) is 17.0 Å². The van der Waals surface area contributed by atoms with Gasteiger partial charge in [-0.2, -0.15) is 0 Å². The molecule has 1 rings (SSSR count). The van der Waals surface area contributed by atoms with Crippen LogP contribution in [0.2, 0.25) is 0 Å². The molecule has 0 fully saturated rings. The molecule has 0 aromatic carbocycles. The van der Waals surface area contributed by atoms with Crippen LogP contribution in [0.25, 0.3) is 0 Å². The Morgan fingerprint density at radius 1 is 1.53 bits per heavy atom. The highest BCUT2D eigenvalue weighted by molar-refractivity contribution is 9.10. The molecule has 0 saturated heterocycles. The van der Waals surface area contributed by atoms with Gasteiger partial charge in [-0.1, -0.05) is 13.8 Å². The van der Waals surface area contributed by atoms with Gasteiger partial charge in [-0.15, -0.1) is 0 Å². The van der Waals surface area contributed by atoms with Crippen molar-refractivity contribution in [2.24, 2.45) is 5.92 Å². The number of nitrogens with one attached hydrogen (secondary N) is 1. The fourth-order valence-corrected chi connectivity index (χ4v) is 1.73. The van der Waals surface area contributed by atoms with Gasteiger partial charge in [0.1, 0.15) is 22.8 Å². The Hall–Kier alpha value is -1.17. The summed E-state index contributed by atoms with van der Waals surface area (Å²) < 4.78 is 5.43. The van der Waals surface area contributed by atoms with Gasteiger partial charge in [0, 0.05) is 6.07 Å². The number of rotatable bonds is 5. The van der Waals surface area contributed by atoms with E-state index >= 15 is 0 Å². The molecule has 1 N–H and O–H groups in total. The van der Waals surface area contributed by atoms with E-state index in [1.807, 2.05) is 13.8 Å². The highest BCUT2D eigenvalue weighted by Gasteiger charge is 2.20. The lowest BCUT2D eigenvalue weighted by molar-refractivity contribution is -0.141. The second-order valence-electron chi connectivity index (χ2n) is 4.08. The van der Waals surface area contributed by atoms with Crippen LogP contribution < -0.4 is 5.32 Å². The van der Waals surface area contributed by atoms with Gasteiger partial charge in [-0.05, 0) is 28.3 Å². The van der Waals surface area contributed by atoms with Crippen LogP contribution in [0, 0.1) is 5.92 Å². The van der Waals surface area contributed by atoms with Crippen molar-refractivity contribution in [1.29, 1.82) is 0 Å². The topological polar surface area (TPSA) is 64.1 Å². The normalized spacial score (nSPS) is 12.3. The highest BCUT2D eigenvalue weighted by Crippen LogP contribution is 2.14. The predicted octanol–water partition coefficient (Wildman–Crippen LogP) is 2.24. The van der Waals surface area contributed by atoms with Crippen LogP contribution in [-0.2, 0) is 9.53 Å². The third kappa shape index (κ3) is 4.68. The molecule has 17 heavy (non-hydrogen) atoms. The molecular weight excluding hydrogens is 286 g/mol. The van der Waals surface area contributed by atoms with Crippen LogP contribution >= 0.6 is 15.9 Å². The van der Waals surface area contributed by atoms with Crippen molar-refractivity contribution in [2.45, 2.75) is 26.3 Å². The minimum Gasteiger partial charge on any atom is -0.467 e. The zero-order valence-electron chi connectivity index (χ0n) is 10.1. The van der Waals surface area contributed by atoms with E-state index in [0.29, 0.717) is 22.8 Å². The Labute approximate surface area is 109 Å². The summed E-state index contributed by atoms with van der Waals surface area (Å²) in [5.41, 5.74) is 0. The quantitative estimate of drug-likeness (QED) is 0.667. The van der Waals surface area contributed by atoms with E-state index in [0.717, 1.165) is 0 Å². The SMILES string of the molecule is COC(=O)C(CC(C)C)Nc1cc(Br)ncn1. The van der Waals surface area contributed by atoms with Crippen molar-refractivity contribution in [3.8, 4) is 0 Å². The van der Waals surface area contributed by atoms with Gasteiger partial charge >= 0.3 is 5.97 Å². The van der Waals surface area contributed by atoms with E-state index in [4.69, 9.17) is 4.74 Å². The maximum atomic E-state index is 11.6. The second kappa shape index (κ2) is 6.54. The van der Waals surface area contributed by atoms with Crippen LogP contribution in [0.4, 0.5) is 5.82 Å². The van der Waals surface area contributed by atoms with Gasteiger partial charge in [0.2, 0.25) is 0 Å². The molecule has 0 bridgehead atoms. The third-order valence-electron chi connectivity index (χ3n) is 2.15. The average Bonchev–Trinajstić information content (AvgIpc) is 2.26. The summed E-state index contributed by atoms with van der Waals surface area (Å²) in [5, 5.41) is 3.05. The Morgan fingerprint density at radius 3 is 2.76 bits per heavy atom. The second-order valence-corrected chi connectivity index (χ2v) is 4.89. The van der Waals surface area contributed by atoms with Gasteiger partial charge in [-0.25, -0.2) is 14.8 Å². The van der Waals surface area contributed by atoms with E-state index in [1.54, 1.807) is 6.07 Å². The minimum atomic E-state index is -0.387. The Morgan fingerprint density at radius 2 is 2.24 bits per heavy atom. The largest absolute Gasteiger partial charge is 0.467 e. The van der Waals surface area contributed by atoms with Crippen LogP contribution in [0.3, 0.4) is 0 Å². The molecule has 5 nitrogen and oxygen atoms in total.